The zero-order chi connectivity index (χ0) is 18.3. The third kappa shape index (κ3) is 3.41. The first-order valence-electron chi connectivity index (χ1n) is 8.64. The van der Waals surface area contributed by atoms with E-state index in [-0.39, 0.29) is 17.5 Å². The Labute approximate surface area is 149 Å². The highest BCUT2D eigenvalue weighted by Gasteiger charge is 2.34. The van der Waals surface area contributed by atoms with Gasteiger partial charge in [0.15, 0.2) is 0 Å². The maximum absolute atomic E-state index is 12.8. The molecule has 4 rings (SSSR count). The molecular formula is C20H18F3NO2. The molecule has 1 amide bonds. The van der Waals surface area contributed by atoms with Gasteiger partial charge in [-0.15, -0.1) is 0 Å². The van der Waals surface area contributed by atoms with Crippen LogP contribution >= 0.6 is 0 Å². The summed E-state index contributed by atoms with van der Waals surface area (Å²) in [4.78, 5) is 14.6. The van der Waals surface area contributed by atoms with Gasteiger partial charge in [0, 0.05) is 24.6 Å². The number of rotatable bonds is 4. The molecule has 0 atom stereocenters. The van der Waals surface area contributed by atoms with Gasteiger partial charge in [0.25, 0.3) is 5.91 Å². The van der Waals surface area contributed by atoms with Crippen LogP contribution in [0.2, 0.25) is 0 Å². The first-order chi connectivity index (χ1) is 12.4. The molecule has 26 heavy (non-hydrogen) atoms. The second-order valence-corrected chi connectivity index (χ2v) is 6.78. The number of carbonyl (C=O) groups is 1. The lowest BCUT2D eigenvalue weighted by Gasteiger charge is -2.23. The van der Waals surface area contributed by atoms with Gasteiger partial charge in [-0.1, -0.05) is 12.1 Å². The molecule has 136 valence electrons. The minimum absolute atomic E-state index is 0.161. The van der Waals surface area contributed by atoms with Gasteiger partial charge in [-0.25, -0.2) is 0 Å². The molecule has 2 aromatic rings. The normalized spacial score (nSPS) is 16.1. The Morgan fingerprint density at radius 1 is 1.12 bits per heavy atom. The van der Waals surface area contributed by atoms with E-state index in [1.54, 1.807) is 4.90 Å². The fraction of sp³-hybridized carbons (Fsp3) is 0.350. The number of hydrogen-bond donors (Lipinski definition) is 0. The summed E-state index contributed by atoms with van der Waals surface area (Å²) in [5, 5.41) is 0. The minimum atomic E-state index is -4.40. The van der Waals surface area contributed by atoms with Crippen LogP contribution in [0.5, 0.6) is 5.75 Å². The highest BCUT2D eigenvalue weighted by atomic mass is 19.4. The highest BCUT2D eigenvalue weighted by Crippen LogP contribution is 2.33. The third-order valence-corrected chi connectivity index (χ3v) is 4.81. The number of carbonyl (C=O) groups excluding carboxylic acids is 1. The van der Waals surface area contributed by atoms with E-state index in [1.165, 1.54) is 12.1 Å². The van der Waals surface area contributed by atoms with E-state index >= 15 is 0 Å². The molecule has 1 fully saturated rings. The first kappa shape index (κ1) is 16.9. The number of halogens is 3. The maximum Gasteiger partial charge on any atom is 0.416 e. The van der Waals surface area contributed by atoms with Crippen molar-refractivity contribution in [2.24, 2.45) is 0 Å². The second kappa shape index (κ2) is 6.34. The molecule has 3 nitrogen and oxygen atoms in total. The molecule has 0 aromatic heterocycles. The van der Waals surface area contributed by atoms with Gasteiger partial charge in [-0.3, -0.25) is 4.79 Å². The Hall–Kier alpha value is -2.50. The standard InChI is InChI=1S/C20H18F3NO2/c21-20(22,23)16-4-2-14(3-5-16)19(25)24(17-6-7-17)12-13-1-8-18-15(11-13)9-10-26-18/h1-5,8,11,17H,6-7,9-10,12H2. The van der Waals surface area contributed by atoms with Crippen molar-refractivity contribution in [2.45, 2.75) is 38.0 Å². The predicted octanol–water partition coefficient (Wildman–Crippen LogP) is 4.45. The fourth-order valence-corrected chi connectivity index (χ4v) is 3.26. The van der Waals surface area contributed by atoms with Crippen molar-refractivity contribution in [3.8, 4) is 5.75 Å². The summed E-state index contributed by atoms with van der Waals surface area (Å²) in [5.41, 5.74) is 1.70. The molecular weight excluding hydrogens is 343 g/mol. The molecule has 2 aliphatic rings. The van der Waals surface area contributed by atoms with Crippen molar-refractivity contribution in [2.75, 3.05) is 6.61 Å². The number of nitrogens with zero attached hydrogens (tertiary/aromatic N) is 1. The lowest BCUT2D eigenvalue weighted by Crippen LogP contribution is -2.32. The zero-order valence-corrected chi connectivity index (χ0v) is 14.1. The summed E-state index contributed by atoms with van der Waals surface area (Å²) in [7, 11) is 0. The average molecular weight is 361 g/mol. The average Bonchev–Trinajstić information content (AvgIpc) is 3.35. The van der Waals surface area contributed by atoms with Gasteiger partial charge in [0.1, 0.15) is 5.75 Å². The van der Waals surface area contributed by atoms with E-state index in [4.69, 9.17) is 4.74 Å². The number of fused-ring (bicyclic) bond motifs is 1. The number of ether oxygens (including phenoxy) is 1. The molecule has 0 N–H and O–H groups in total. The zero-order valence-electron chi connectivity index (χ0n) is 14.1. The van der Waals surface area contributed by atoms with Crippen LogP contribution in [0.3, 0.4) is 0 Å². The van der Waals surface area contributed by atoms with Crippen LogP contribution in [-0.4, -0.2) is 23.5 Å². The van der Waals surface area contributed by atoms with Crippen molar-refractivity contribution >= 4 is 5.91 Å². The van der Waals surface area contributed by atoms with Crippen molar-refractivity contribution in [3.63, 3.8) is 0 Å². The molecule has 2 aromatic carbocycles. The van der Waals surface area contributed by atoms with E-state index in [9.17, 15) is 18.0 Å². The van der Waals surface area contributed by atoms with Gasteiger partial charge >= 0.3 is 6.18 Å². The van der Waals surface area contributed by atoms with Crippen molar-refractivity contribution < 1.29 is 22.7 Å². The predicted molar refractivity (Wildman–Crippen MR) is 90.0 cm³/mol. The van der Waals surface area contributed by atoms with E-state index in [1.807, 2.05) is 12.1 Å². The summed E-state index contributed by atoms with van der Waals surface area (Å²) >= 11 is 0. The largest absolute Gasteiger partial charge is 0.493 e. The molecule has 0 spiro atoms. The van der Waals surface area contributed by atoms with Gasteiger partial charge in [-0.2, -0.15) is 13.2 Å². The van der Waals surface area contributed by atoms with Crippen molar-refractivity contribution in [1.82, 2.24) is 4.90 Å². The molecule has 0 saturated heterocycles. The Morgan fingerprint density at radius 2 is 1.85 bits per heavy atom. The SMILES string of the molecule is O=C(c1ccc(C(F)(F)F)cc1)N(Cc1ccc2c(c1)CCO2)C1CC1. The van der Waals surface area contributed by atoms with E-state index in [0.717, 1.165) is 48.3 Å². The van der Waals surface area contributed by atoms with Gasteiger partial charge in [0.05, 0.1) is 12.2 Å². The lowest BCUT2D eigenvalue weighted by molar-refractivity contribution is -0.137. The van der Waals surface area contributed by atoms with E-state index in [2.05, 4.69) is 6.07 Å². The number of amides is 1. The van der Waals surface area contributed by atoms with Crippen molar-refractivity contribution in [1.29, 1.82) is 0 Å². The third-order valence-electron chi connectivity index (χ3n) is 4.81. The Kier molecular flexibility index (Phi) is 4.13. The van der Waals surface area contributed by atoms with Crippen LogP contribution in [0.25, 0.3) is 0 Å². The maximum atomic E-state index is 12.8. The summed E-state index contributed by atoms with van der Waals surface area (Å²) in [5.74, 6) is 0.666. The second-order valence-electron chi connectivity index (χ2n) is 6.78. The van der Waals surface area contributed by atoms with Crippen LogP contribution in [0, 0.1) is 0 Å². The Morgan fingerprint density at radius 3 is 2.50 bits per heavy atom. The first-order valence-corrected chi connectivity index (χ1v) is 8.64. The lowest BCUT2D eigenvalue weighted by atomic mass is 10.1. The van der Waals surface area contributed by atoms with Crippen LogP contribution < -0.4 is 4.74 Å². The van der Waals surface area contributed by atoms with Crippen LogP contribution in [-0.2, 0) is 19.1 Å². The van der Waals surface area contributed by atoms with Crippen LogP contribution in [0.15, 0.2) is 42.5 Å². The molecule has 0 radical (unpaired) electrons. The number of alkyl halides is 3. The molecule has 1 heterocycles. The van der Waals surface area contributed by atoms with Crippen LogP contribution in [0.4, 0.5) is 13.2 Å². The minimum Gasteiger partial charge on any atom is -0.493 e. The smallest absolute Gasteiger partial charge is 0.416 e. The van der Waals surface area contributed by atoms with Gasteiger partial charge in [-0.05, 0) is 54.3 Å². The van der Waals surface area contributed by atoms with E-state index in [0.29, 0.717) is 13.2 Å². The van der Waals surface area contributed by atoms with Crippen molar-refractivity contribution in [3.05, 3.63) is 64.7 Å². The number of benzene rings is 2. The number of hydrogen-bond acceptors (Lipinski definition) is 2. The molecule has 1 aliphatic heterocycles. The summed E-state index contributed by atoms with van der Waals surface area (Å²) in [6, 6.07) is 10.5. The van der Waals surface area contributed by atoms with E-state index < -0.39 is 11.7 Å². The summed E-state index contributed by atoms with van der Waals surface area (Å²) in [6.07, 6.45) is -1.68. The molecule has 0 unspecified atom stereocenters. The summed E-state index contributed by atoms with van der Waals surface area (Å²) in [6.45, 7) is 1.13. The molecule has 1 saturated carbocycles. The van der Waals surface area contributed by atoms with Gasteiger partial charge < -0.3 is 9.64 Å². The highest BCUT2D eigenvalue weighted by molar-refractivity contribution is 5.94. The van der Waals surface area contributed by atoms with Gasteiger partial charge in [0.2, 0.25) is 0 Å². The topological polar surface area (TPSA) is 29.5 Å². The summed E-state index contributed by atoms with van der Waals surface area (Å²) < 4.78 is 43.6. The molecule has 1 aliphatic carbocycles. The monoisotopic (exact) mass is 361 g/mol. The molecule has 0 bridgehead atoms. The Balaban J connectivity index is 1.54. The Bertz CT molecular complexity index is 826. The fourth-order valence-electron chi connectivity index (χ4n) is 3.26. The quantitative estimate of drug-likeness (QED) is 0.805. The molecule has 6 heteroatoms. The van der Waals surface area contributed by atoms with Crippen LogP contribution in [0.1, 0.15) is 39.9 Å².